The molecule has 0 aliphatic rings. The number of benzene rings is 1. The molecule has 0 saturated carbocycles. The van der Waals surface area contributed by atoms with Crippen LogP contribution in [0.5, 0.6) is 0 Å². The van der Waals surface area contributed by atoms with Gasteiger partial charge in [0, 0.05) is 5.56 Å². The lowest BCUT2D eigenvalue weighted by molar-refractivity contribution is 1.18. The van der Waals surface area contributed by atoms with Crippen LogP contribution in [0.4, 0.5) is 0 Å². The molecule has 0 amide bonds. The highest BCUT2D eigenvalue weighted by atomic mass is 35.5. The predicted octanol–water partition coefficient (Wildman–Crippen LogP) is 4.00. The molecule has 0 N–H and O–H groups in total. The molecular formula is C13H7Cl2N3. The summed E-state index contributed by atoms with van der Waals surface area (Å²) in [7, 11) is 0. The zero-order valence-electron chi connectivity index (χ0n) is 9.14. The summed E-state index contributed by atoms with van der Waals surface area (Å²) in [4.78, 5) is 12.4. The van der Waals surface area contributed by atoms with Gasteiger partial charge in [-0.15, -0.1) is 0 Å². The monoisotopic (exact) mass is 275 g/mol. The third-order valence-electron chi connectivity index (χ3n) is 2.56. The van der Waals surface area contributed by atoms with Gasteiger partial charge in [-0.1, -0.05) is 41.9 Å². The van der Waals surface area contributed by atoms with Gasteiger partial charge in [0.25, 0.3) is 0 Å². The first-order valence-corrected chi connectivity index (χ1v) is 6.05. The Morgan fingerprint density at radius 2 is 1.56 bits per heavy atom. The molecule has 0 aliphatic heterocycles. The zero-order chi connectivity index (χ0) is 12.5. The highest BCUT2D eigenvalue weighted by molar-refractivity contribution is 6.35. The van der Waals surface area contributed by atoms with Crippen molar-refractivity contribution in [2.24, 2.45) is 0 Å². The maximum atomic E-state index is 5.99. The van der Waals surface area contributed by atoms with E-state index in [2.05, 4.69) is 15.0 Å². The average Bonchev–Trinajstić information content (AvgIpc) is 2.39. The van der Waals surface area contributed by atoms with Crippen molar-refractivity contribution in [3.63, 3.8) is 0 Å². The fourth-order valence-electron chi connectivity index (χ4n) is 1.72. The predicted molar refractivity (Wildman–Crippen MR) is 72.8 cm³/mol. The summed E-state index contributed by atoms with van der Waals surface area (Å²) in [5.41, 5.74) is 2.35. The van der Waals surface area contributed by atoms with Crippen molar-refractivity contribution >= 4 is 34.2 Å². The lowest BCUT2D eigenvalue weighted by Crippen LogP contribution is -1.91. The minimum absolute atomic E-state index is 0.102. The number of rotatable bonds is 1. The van der Waals surface area contributed by atoms with Gasteiger partial charge >= 0.3 is 0 Å². The molecule has 0 aliphatic carbocycles. The Kier molecular flexibility index (Phi) is 2.86. The second kappa shape index (κ2) is 4.52. The first-order valence-electron chi connectivity index (χ1n) is 5.29. The Bertz CT molecular complexity index is 714. The van der Waals surface area contributed by atoms with Gasteiger partial charge in [-0.05, 0) is 23.7 Å². The van der Waals surface area contributed by atoms with E-state index in [0.717, 1.165) is 11.3 Å². The Morgan fingerprint density at radius 3 is 2.33 bits per heavy atom. The van der Waals surface area contributed by atoms with Gasteiger partial charge in [0.2, 0.25) is 5.28 Å². The normalized spacial score (nSPS) is 10.8. The largest absolute Gasteiger partial charge is 0.228 e. The van der Waals surface area contributed by atoms with E-state index in [0.29, 0.717) is 16.2 Å². The number of fused-ring (bicyclic) bond motifs is 1. The summed E-state index contributed by atoms with van der Waals surface area (Å²) >= 11 is 11.8. The molecule has 3 nitrogen and oxygen atoms in total. The van der Waals surface area contributed by atoms with Gasteiger partial charge < -0.3 is 0 Å². The van der Waals surface area contributed by atoms with E-state index in [4.69, 9.17) is 23.2 Å². The van der Waals surface area contributed by atoms with Crippen molar-refractivity contribution in [2.45, 2.75) is 0 Å². The number of hydrogen-bond acceptors (Lipinski definition) is 3. The average molecular weight is 276 g/mol. The lowest BCUT2D eigenvalue weighted by Gasteiger charge is -2.03. The molecule has 0 atom stereocenters. The van der Waals surface area contributed by atoms with Crippen LogP contribution in [0.1, 0.15) is 0 Å². The third-order valence-corrected chi connectivity index (χ3v) is 3.01. The highest BCUT2D eigenvalue weighted by Gasteiger charge is 2.07. The summed E-state index contributed by atoms with van der Waals surface area (Å²) in [6.45, 7) is 0. The van der Waals surface area contributed by atoms with Crippen LogP contribution in [-0.2, 0) is 0 Å². The fourth-order valence-corrected chi connectivity index (χ4v) is 2.15. The quantitative estimate of drug-likeness (QED) is 0.498. The Balaban J connectivity index is 2.23. The molecule has 1 aromatic carbocycles. The van der Waals surface area contributed by atoms with Gasteiger partial charge in [0.1, 0.15) is 5.15 Å². The van der Waals surface area contributed by atoms with Gasteiger partial charge in [-0.3, -0.25) is 0 Å². The van der Waals surface area contributed by atoms with Crippen molar-refractivity contribution < 1.29 is 0 Å². The van der Waals surface area contributed by atoms with Crippen LogP contribution >= 0.6 is 23.2 Å². The molecule has 2 aromatic heterocycles. The number of halogens is 2. The molecule has 0 saturated heterocycles. The van der Waals surface area contributed by atoms with E-state index >= 15 is 0 Å². The highest BCUT2D eigenvalue weighted by Crippen LogP contribution is 2.24. The summed E-state index contributed by atoms with van der Waals surface area (Å²) in [5, 5.41) is 1.11. The van der Waals surface area contributed by atoms with Crippen molar-refractivity contribution in [2.75, 3.05) is 0 Å². The van der Waals surface area contributed by atoms with Crippen LogP contribution in [0.3, 0.4) is 0 Å². The molecule has 0 fully saturated rings. The van der Waals surface area contributed by atoms with Crippen LogP contribution in [0.2, 0.25) is 10.4 Å². The second-order valence-corrected chi connectivity index (χ2v) is 4.41. The number of pyridine rings is 1. The minimum atomic E-state index is 0.102. The van der Waals surface area contributed by atoms with Crippen LogP contribution in [0.25, 0.3) is 22.3 Å². The molecule has 0 spiro atoms. The number of aromatic nitrogens is 3. The molecule has 3 rings (SSSR count). The van der Waals surface area contributed by atoms with Crippen LogP contribution in [-0.4, -0.2) is 15.0 Å². The fraction of sp³-hybridized carbons (Fsp3) is 0. The summed E-state index contributed by atoms with van der Waals surface area (Å²) in [6, 6.07) is 13.6. The van der Waals surface area contributed by atoms with Crippen molar-refractivity contribution in [3.8, 4) is 11.3 Å². The Morgan fingerprint density at radius 1 is 0.778 bits per heavy atom. The van der Waals surface area contributed by atoms with Crippen LogP contribution in [0.15, 0.2) is 42.5 Å². The van der Waals surface area contributed by atoms with E-state index in [9.17, 15) is 0 Å². The first-order chi connectivity index (χ1) is 8.74. The SMILES string of the molecule is Clc1nc(Cl)c2ccc(-c3ccccc3)nc2n1. The zero-order valence-corrected chi connectivity index (χ0v) is 10.7. The summed E-state index contributed by atoms with van der Waals surface area (Å²) in [6.07, 6.45) is 0. The van der Waals surface area contributed by atoms with E-state index < -0.39 is 0 Å². The van der Waals surface area contributed by atoms with E-state index in [-0.39, 0.29) is 5.28 Å². The minimum Gasteiger partial charge on any atom is -0.228 e. The molecule has 0 radical (unpaired) electrons. The molecule has 2 heterocycles. The van der Waals surface area contributed by atoms with Gasteiger partial charge in [-0.2, -0.15) is 4.98 Å². The van der Waals surface area contributed by atoms with Crippen LogP contribution in [0, 0.1) is 0 Å². The molecule has 5 heteroatoms. The van der Waals surface area contributed by atoms with E-state index in [1.807, 2.05) is 42.5 Å². The molecular weight excluding hydrogens is 269 g/mol. The molecule has 0 unspecified atom stereocenters. The van der Waals surface area contributed by atoms with Gasteiger partial charge in [0.15, 0.2) is 5.65 Å². The van der Waals surface area contributed by atoms with E-state index in [1.165, 1.54) is 0 Å². The van der Waals surface area contributed by atoms with Crippen molar-refractivity contribution in [3.05, 3.63) is 52.9 Å². The van der Waals surface area contributed by atoms with Gasteiger partial charge in [0.05, 0.1) is 11.1 Å². The Hall–Kier alpha value is -1.71. The molecule has 3 aromatic rings. The molecule has 0 bridgehead atoms. The maximum Gasteiger partial charge on any atom is 0.225 e. The van der Waals surface area contributed by atoms with E-state index in [1.54, 1.807) is 0 Å². The van der Waals surface area contributed by atoms with Crippen molar-refractivity contribution in [1.29, 1.82) is 0 Å². The summed E-state index contributed by atoms with van der Waals surface area (Å²) < 4.78 is 0. The lowest BCUT2D eigenvalue weighted by atomic mass is 10.1. The smallest absolute Gasteiger partial charge is 0.225 e. The Labute approximate surface area is 113 Å². The molecule has 88 valence electrons. The van der Waals surface area contributed by atoms with Crippen LogP contribution < -0.4 is 0 Å². The third kappa shape index (κ3) is 2.03. The van der Waals surface area contributed by atoms with Gasteiger partial charge in [-0.25, -0.2) is 9.97 Å². The number of hydrogen-bond donors (Lipinski definition) is 0. The maximum absolute atomic E-state index is 5.99. The second-order valence-electron chi connectivity index (χ2n) is 3.72. The summed E-state index contributed by atoms with van der Waals surface area (Å²) in [5.74, 6) is 0. The van der Waals surface area contributed by atoms with Crippen molar-refractivity contribution in [1.82, 2.24) is 15.0 Å². The first kappa shape index (κ1) is 11.4. The number of nitrogens with zero attached hydrogens (tertiary/aromatic N) is 3. The topological polar surface area (TPSA) is 38.7 Å². The molecule has 18 heavy (non-hydrogen) atoms. The standard InChI is InChI=1S/C13H7Cl2N3/c14-11-9-6-7-10(8-4-2-1-3-5-8)16-12(9)18-13(15)17-11/h1-7H.